The maximum absolute atomic E-state index is 11.5. The molecule has 0 aliphatic carbocycles. The van der Waals surface area contributed by atoms with Crippen LogP contribution in [0.1, 0.15) is 40.5 Å². The fourth-order valence-electron chi connectivity index (χ4n) is 1.19. The van der Waals surface area contributed by atoms with E-state index < -0.39 is 6.04 Å². The minimum absolute atomic E-state index is 0.117. The third-order valence-electron chi connectivity index (χ3n) is 2.15. The maximum atomic E-state index is 11.5. The summed E-state index contributed by atoms with van der Waals surface area (Å²) in [6.07, 6.45) is 1.82. The summed E-state index contributed by atoms with van der Waals surface area (Å²) in [6.45, 7) is 7.13. The maximum Gasteiger partial charge on any atom is 0.242 e. The summed E-state index contributed by atoms with van der Waals surface area (Å²) in [5, 5.41) is 5.41. The van der Waals surface area contributed by atoms with Crippen molar-refractivity contribution in [2.45, 2.75) is 52.6 Å². The topological polar surface area (TPSA) is 58.2 Å². The van der Waals surface area contributed by atoms with Gasteiger partial charge >= 0.3 is 0 Å². The predicted octanol–water partition coefficient (Wildman–Crippen LogP) is 0.816. The van der Waals surface area contributed by atoms with Gasteiger partial charge in [-0.25, -0.2) is 0 Å². The van der Waals surface area contributed by atoms with Crippen molar-refractivity contribution in [2.75, 3.05) is 0 Å². The van der Waals surface area contributed by atoms with Gasteiger partial charge in [-0.1, -0.05) is 13.8 Å². The molecule has 0 saturated carbocycles. The minimum Gasteiger partial charge on any atom is -0.352 e. The predicted molar refractivity (Wildman–Crippen MR) is 55.8 cm³/mol. The summed E-state index contributed by atoms with van der Waals surface area (Å²) in [4.78, 5) is 22.2. The molecule has 1 unspecified atom stereocenters. The average Bonchev–Trinajstić information content (AvgIpc) is 2.12. The monoisotopic (exact) mass is 200 g/mol. The Morgan fingerprint density at radius 3 is 2.00 bits per heavy atom. The molecule has 14 heavy (non-hydrogen) atoms. The van der Waals surface area contributed by atoms with Gasteiger partial charge in [-0.2, -0.15) is 0 Å². The second-order valence-corrected chi connectivity index (χ2v) is 3.44. The Hall–Kier alpha value is -1.06. The summed E-state index contributed by atoms with van der Waals surface area (Å²) in [7, 11) is 0. The molecule has 0 bridgehead atoms. The van der Waals surface area contributed by atoms with Crippen molar-refractivity contribution in [1.29, 1.82) is 0 Å². The second-order valence-electron chi connectivity index (χ2n) is 3.44. The molecule has 82 valence electrons. The zero-order valence-electron chi connectivity index (χ0n) is 9.39. The summed E-state index contributed by atoms with van der Waals surface area (Å²) in [6, 6.07) is -0.244. The third kappa shape index (κ3) is 4.84. The van der Waals surface area contributed by atoms with Crippen molar-refractivity contribution in [3.63, 3.8) is 0 Å². The zero-order valence-corrected chi connectivity index (χ0v) is 9.39. The highest BCUT2D eigenvalue weighted by atomic mass is 16.2. The summed E-state index contributed by atoms with van der Waals surface area (Å²) >= 11 is 0. The van der Waals surface area contributed by atoms with Gasteiger partial charge in [-0.15, -0.1) is 0 Å². The Morgan fingerprint density at radius 1 is 1.14 bits per heavy atom. The highest BCUT2D eigenvalue weighted by molar-refractivity contribution is 5.86. The standard InChI is InChI=1S/C10H20N2O2/c1-5-9(6-2)12-10(14)7(3)11-8(4)13/h7,9H,5-6H2,1-4H3,(H,11,13)(H,12,14). The quantitative estimate of drug-likeness (QED) is 0.690. The molecule has 4 heteroatoms. The first kappa shape index (κ1) is 12.9. The van der Waals surface area contributed by atoms with Crippen LogP contribution in [0.4, 0.5) is 0 Å². The van der Waals surface area contributed by atoms with Crippen LogP contribution >= 0.6 is 0 Å². The van der Waals surface area contributed by atoms with E-state index in [0.717, 1.165) is 12.8 Å². The normalized spacial score (nSPS) is 12.4. The van der Waals surface area contributed by atoms with E-state index in [0.29, 0.717) is 0 Å². The summed E-state index contributed by atoms with van der Waals surface area (Å²) < 4.78 is 0. The van der Waals surface area contributed by atoms with E-state index in [4.69, 9.17) is 0 Å². The van der Waals surface area contributed by atoms with Crippen LogP contribution < -0.4 is 10.6 Å². The lowest BCUT2D eigenvalue weighted by Crippen LogP contribution is -2.47. The van der Waals surface area contributed by atoms with Gasteiger partial charge in [0.2, 0.25) is 11.8 Å². The minimum atomic E-state index is -0.451. The number of amides is 2. The van der Waals surface area contributed by atoms with Gasteiger partial charge in [0.15, 0.2) is 0 Å². The number of nitrogens with one attached hydrogen (secondary N) is 2. The van der Waals surface area contributed by atoms with Gasteiger partial charge in [0, 0.05) is 13.0 Å². The van der Waals surface area contributed by atoms with Gasteiger partial charge in [0.05, 0.1) is 0 Å². The van der Waals surface area contributed by atoms with Crippen LogP contribution in [0.3, 0.4) is 0 Å². The van der Waals surface area contributed by atoms with Gasteiger partial charge in [-0.05, 0) is 19.8 Å². The lowest BCUT2D eigenvalue weighted by molar-refractivity contribution is -0.128. The van der Waals surface area contributed by atoms with Crippen LogP contribution in [0, 0.1) is 0 Å². The van der Waals surface area contributed by atoms with Crippen LogP contribution in [0.25, 0.3) is 0 Å². The molecule has 2 N–H and O–H groups in total. The van der Waals surface area contributed by atoms with Crippen molar-refractivity contribution in [3.8, 4) is 0 Å². The molecule has 0 aromatic rings. The molecule has 4 nitrogen and oxygen atoms in total. The molecule has 0 aliphatic heterocycles. The number of carbonyl (C=O) groups excluding carboxylic acids is 2. The van der Waals surface area contributed by atoms with E-state index in [2.05, 4.69) is 10.6 Å². The Balaban J connectivity index is 3.99. The second kappa shape index (κ2) is 6.40. The lowest BCUT2D eigenvalue weighted by Gasteiger charge is -2.18. The van der Waals surface area contributed by atoms with Gasteiger partial charge in [0.1, 0.15) is 6.04 Å². The molecule has 0 heterocycles. The number of rotatable bonds is 5. The molecule has 0 aromatic heterocycles. The van der Waals surface area contributed by atoms with Crippen molar-refractivity contribution in [3.05, 3.63) is 0 Å². The van der Waals surface area contributed by atoms with E-state index >= 15 is 0 Å². The molecular formula is C10H20N2O2. The third-order valence-corrected chi connectivity index (χ3v) is 2.15. The van der Waals surface area contributed by atoms with E-state index in [1.807, 2.05) is 13.8 Å². The molecule has 0 aliphatic rings. The number of carbonyl (C=O) groups is 2. The van der Waals surface area contributed by atoms with Crippen LogP contribution in [0.15, 0.2) is 0 Å². The molecular weight excluding hydrogens is 180 g/mol. The molecule has 0 rings (SSSR count). The molecule has 0 aromatic carbocycles. The molecule has 0 radical (unpaired) electrons. The highest BCUT2D eigenvalue weighted by Gasteiger charge is 2.15. The van der Waals surface area contributed by atoms with Crippen molar-refractivity contribution in [2.24, 2.45) is 0 Å². The van der Waals surface area contributed by atoms with E-state index in [-0.39, 0.29) is 17.9 Å². The Bertz CT molecular complexity index is 200. The molecule has 2 amide bonds. The van der Waals surface area contributed by atoms with Crippen molar-refractivity contribution < 1.29 is 9.59 Å². The van der Waals surface area contributed by atoms with Crippen LogP contribution in [0.5, 0.6) is 0 Å². The number of hydrogen-bond donors (Lipinski definition) is 2. The van der Waals surface area contributed by atoms with E-state index in [1.165, 1.54) is 6.92 Å². The van der Waals surface area contributed by atoms with Crippen LogP contribution in [0.2, 0.25) is 0 Å². The molecule has 0 saturated heterocycles. The Labute approximate surface area is 85.4 Å². The first-order valence-corrected chi connectivity index (χ1v) is 5.08. The fraction of sp³-hybridized carbons (Fsp3) is 0.800. The number of hydrogen-bond acceptors (Lipinski definition) is 2. The van der Waals surface area contributed by atoms with Gasteiger partial charge in [0.25, 0.3) is 0 Å². The van der Waals surface area contributed by atoms with E-state index in [9.17, 15) is 9.59 Å². The molecule has 1 atom stereocenters. The summed E-state index contributed by atoms with van der Waals surface area (Å²) in [5.41, 5.74) is 0. The van der Waals surface area contributed by atoms with E-state index in [1.54, 1.807) is 6.92 Å². The fourth-order valence-corrected chi connectivity index (χ4v) is 1.19. The van der Waals surface area contributed by atoms with Crippen LogP contribution in [-0.2, 0) is 9.59 Å². The average molecular weight is 200 g/mol. The highest BCUT2D eigenvalue weighted by Crippen LogP contribution is 1.96. The van der Waals surface area contributed by atoms with Crippen molar-refractivity contribution >= 4 is 11.8 Å². The first-order chi connectivity index (χ1) is 6.51. The first-order valence-electron chi connectivity index (χ1n) is 5.08. The van der Waals surface area contributed by atoms with Gasteiger partial charge in [-0.3, -0.25) is 9.59 Å². The lowest BCUT2D eigenvalue weighted by atomic mass is 10.1. The smallest absolute Gasteiger partial charge is 0.242 e. The molecule has 0 fully saturated rings. The zero-order chi connectivity index (χ0) is 11.1. The summed E-state index contributed by atoms with van der Waals surface area (Å²) in [5.74, 6) is -0.300. The Kier molecular flexibility index (Phi) is 5.92. The van der Waals surface area contributed by atoms with Crippen molar-refractivity contribution in [1.82, 2.24) is 10.6 Å². The Morgan fingerprint density at radius 2 is 1.64 bits per heavy atom. The largest absolute Gasteiger partial charge is 0.352 e. The van der Waals surface area contributed by atoms with Gasteiger partial charge < -0.3 is 10.6 Å². The molecule has 0 spiro atoms. The SMILES string of the molecule is CCC(CC)NC(=O)C(C)NC(C)=O. The van der Waals surface area contributed by atoms with Crippen LogP contribution in [-0.4, -0.2) is 23.9 Å².